The lowest BCUT2D eigenvalue weighted by Crippen LogP contribution is -2.28. The van der Waals surface area contributed by atoms with E-state index in [0.29, 0.717) is 0 Å². The van der Waals surface area contributed by atoms with Crippen LogP contribution in [0.4, 0.5) is 5.69 Å². The Bertz CT molecular complexity index is 1390. The normalized spacial score (nSPS) is 15.1. The maximum atomic E-state index is 13.5. The zero-order valence-corrected chi connectivity index (χ0v) is 24.7. The number of Topliss-reactive ketones (excluding diaryl/α,β-unsaturated/α-hetero) is 1. The van der Waals surface area contributed by atoms with Crippen molar-refractivity contribution >= 4 is 71.1 Å². The quantitative estimate of drug-likeness (QED) is 0.272. The molecule has 3 aromatic rings. The number of benzene rings is 2. The van der Waals surface area contributed by atoms with Gasteiger partial charge in [-0.3, -0.25) is 4.79 Å². The van der Waals surface area contributed by atoms with Crippen LogP contribution in [-0.2, 0) is 4.79 Å². The van der Waals surface area contributed by atoms with Crippen LogP contribution < -0.4 is 0 Å². The number of rotatable bonds is 3. The predicted molar refractivity (Wildman–Crippen MR) is 155 cm³/mol. The van der Waals surface area contributed by atoms with Crippen molar-refractivity contribution in [1.29, 1.82) is 0 Å². The van der Waals surface area contributed by atoms with E-state index in [1.165, 1.54) is 0 Å². The first-order chi connectivity index (χ1) is 16.4. The summed E-state index contributed by atoms with van der Waals surface area (Å²) in [4.78, 5) is 14.5. The molecule has 0 unspecified atom stereocenters. The van der Waals surface area contributed by atoms with Gasteiger partial charge in [0, 0.05) is 32.0 Å². The fourth-order valence-corrected chi connectivity index (χ4v) is 6.06. The highest BCUT2D eigenvalue weighted by Gasteiger charge is 2.35. The second-order valence-electron chi connectivity index (χ2n) is 10.7. The van der Waals surface area contributed by atoms with Gasteiger partial charge < -0.3 is 0 Å². The van der Waals surface area contributed by atoms with Gasteiger partial charge in [-0.2, -0.15) is 5.11 Å². The number of hydrogen-bond acceptors (Lipinski definition) is 4. The predicted octanol–water partition coefficient (Wildman–Crippen LogP) is 10.4. The molecule has 1 aliphatic rings. The van der Waals surface area contributed by atoms with Crippen LogP contribution in [0.2, 0.25) is 0 Å². The third kappa shape index (κ3) is 5.50. The minimum absolute atomic E-state index is 0.107. The molecule has 4 rings (SSSR count). The summed E-state index contributed by atoms with van der Waals surface area (Å²) in [5.41, 5.74) is 3.39. The third-order valence-electron chi connectivity index (χ3n) is 5.86. The molecule has 0 atom stereocenters. The number of azo groups is 1. The topological polar surface area (TPSA) is 41.8 Å². The van der Waals surface area contributed by atoms with Crippen LogP contribution in [0.5, 0.6) is 0 Å². The molecule has 0 saturated heterocycles. The monoisotopic (exact) mass is 610 g/mol. The first kappa shape index (κ1) is 25.9. The summed E-state index contributed by atoms with van der Waals surface area (Å²) in [5, 5.41) is 11.7. The van der Waals surface area contributed by atoms with Gasteiger partial charge in [0.25, 0.3) is 0 Å². The Morgan fingerprint density at radius 3 is 1.89 bits per heavy atom. The van der Waals surface area contributed by atoms with Gasteiger partial charge in [0.2, 0.25) is 0 Å². The van der Waals surface area contributed by atoms with Gasteiger partial charge in [0.1, 0.15) is 5.70 Å². The largest absolute Gasteiger partial charge is 0.289 e. The van der Waals surface area contributed by atoms with E-state index in [-0.39, 0.29) is 16.6 Å². The lowest BCUT2D eigenvalue weighted by atomic mass is 9.71. The zero-order chi connectivity index (χ0) is 25.5. The Hall–Kier alpha value is -2.15. The van der Waals surface area contributed by atoms with E-state index in [4.69, 9.17) is 5.11 Å². The molecule has 35 heavy (non-hydrogen) atoms. The van der Waals surface area contributed by atoms with Crippen molar-refractivity contribution in [2.75, 3.05) is 0 Å². The minimum atomic E-state index is -0.306. The molecule has 180 valence electrons. The van der Waals surface area contributed by atoms with Gasteiger partial charge >= 0.3 is 0 Å². The van der Waals surface area contributed by atoms with E-state index in [1.54, 1.807) is 11.3 Å². The van der Waals surface area contributed by atoms with Crippen LogP contribution in [-0.4, -0.2) is 5.78 Å². The number of carbonyl (C=O) groups is 1. The molecule has 0 bridgehead atoms. The van der Waals surface area contributed by atoms with Gasteiger partial charge in [-0.05, 0) is 63.2 Å². The second kappa shape index (κ2) is 9.72. The molecular weight excluding hydrogens is 584 g/mol. The lowest BCUT2D eigenvalue weighted by molar-refractivity contribution is -0.114. The fraction of sp³-hybridized carbons (Fsp3) is 0.276. The molecule has 1 aliphatic carbocycles. The highest BCUT2D eigenvalue weighted by Crippen LogP contribution is 2.45. The molecule has 0 N–H and O–H groups in total. The van der Waals surface area contributed by atoms with Crippen molar-refractivity contribution in [1.82, 2.24) is 0 Å². The number of nitrogens with zero attached hydrogens (tertiary/aromatic N) is 2. The molecule has 0 fully saturated rings. The zero-order valence-electron chi connectivity index (χ0n) is 20.7. The van der Waals surface area contributed by atoms with Gasteiger partial charge in [0.15, 0.2) is 5.78 Å². The standard InChI is InChI=1S/C29H28Br2N2OS/c1-28(2,3)22-15-17(16-23(25(22)34)29(4,5)6)24(33-32-19-13-11-18(30)12-14-19)26-20-9-7-8-10-21(20)27(31)35-26/h7-16H,1-6H3. The van der Waals surface area contributed by atoms with Crippen molar-refractivity contribution in [3.05, 3.63) is 90.5 Å². The summed E-state index contributed by atoms with van der Waals surface area (Å²) >= 11 is 8.86. The lowest BCUT2D eigenvalue weighted by Gasteiger charge is -2.31. The minimum Gasteiger partial charge on any atom is -0.289 e. The van der Waals surface area contributed by atoms with Gasteiger partial charge in [-0.1, -0.05) is 81.7 Å². The Kier molecular flexibility index (Phi) is 7.20. The number of hydrogen-bond donors (Lipinski definition) is 0. The van der Waals surface area contributed by atoms with Crippen molar-refractivity contribution < 1.29 is 4.79 Å². The summed E-state index contributed by atoms with van der Waals surface area (Å²) in [6, 6.07) is 16.0. The summed E-state index contributed by atoms with van der Waals surface area (Å²) in [7, 11) is 0. The average Bonchev–Trinajstić information content (AvgIpc) is 3.11. The molecular formula is C29H28Br2N2OS. The molecule has 3 nitrogen and oxygen atoms in total. The molecule has 0 saturated carbocycles. The molecule has 0 radical (unpaired) electrons. The smallest absolute Gasteiger partial charge is 0.186 e. The number of ketones is 1. The van der Waals surface area contributed by atoms with E-state index in [1.807, 2.05) is 48.6 Å². The number of carbonyl (C=O) groups excluding carboxylic acids is 1. The van der Waals surface area contributed by atoms with Gasteiger partial charge in [0.05, 0.1) is 14.4 Å². The maximum absolute atomic E-state index is 13.5. The first-order valence-electron chi connectivity index (χ1n) is 11.4. The Morgan fingerprint density at radius 1 is 0.800 bits per heavy atom. The molecule has 6 heteroatoms. The van der Waals surface area contributed by atoms with E-state index in [0.717, 1.165) is 52.0 Å². The second-order valence-corrected chi connectivity index (χ2v) is 13.9. The maximum Gasteiger partial charge on any atom is 0.186 e. The van der Waals surface area contributed by atoms with E-state index >= 15 is 0 Å². The number of thiophene rings is 1. The molecule has 0 amide bonds. The first-order valence-corrected chi connectivity index (χ1v) is 13.8. The van der Waals surface area contributed by atoms with Crippen molar-refractivity contribution in [3.8, 4) is 0 Å². The van der Waals surface area contributed by atoms with Crippen LogP contribution >= 0.6 is 43.2 Å². The summed E-state index contributed by atoms with van der Waals surface area (Å²) < 4.78 is 2.04. The summed E-state index contributed by atoms with van der Waals surface area (Å²) in [6.45, 7) is 12.5. The summed E-state index contributed by atoms with van der Waals surface area (Å²) in [5.74, 6) is 0.107. The van der Waals surface area contributed by atoms with E-state index < -0.39 is 0 Å². The van der Waals surface area contributed by atoms with E-state index in [9.17, 15) is 4.79 Å². The third-order valence-corrected chi connectivity index (χ3v) is 8.32. The SMILES string of the molecule is CC(C)(C)C1=CC(=C(N=Nc2ccc(Br)cc2)c2sc(Br)c3ccccc23)C=C(C(C)(C)C)C1=O. The summed E-state index contributed by atoms with van der Waals surface area (Å²) in [6.07, 6.45) is 4.02. The van der Waals surface area contributed by atoms with Crippen LogP contribution in [0.25, 0.3) is 16.5 Å². The van der Waals surface area contributed by atoms with Gasteiger partial charge in [-0.15, -0.1) is 16.5 Å². The van der Waals surface area contributed by atoms with Crippen molar-refractivity contribution in [2.24, 2.45) is 21.1 Å². The molecule has 0 spiro atoms. The number of fused-ring (bicyclic) bond motifs is 1. The molecule has 1 aromatic heterocycles. The van der Waals surface area contributed by atoms with Crippen LogP contribution in [0.15, 0.2) is 95.9 Å². The van der Waals surface area contributed by atoms with Crippen LogP contribution in [0.1, 0.15) is 46.4 Å². The Morgan fingerprint density at radius 2 is 1.34 bits per heavy atom. The van der Waals surface area contributed by atoms with Crippen molar-refractivity contribution in [2.45, 2.75) is 41.5 Å². The highest BCUT2D eigenvalue weighted by atomic mass is 79.9. The molecule has 1 heterocycles. The van der Waals surface area contributed by atoms with Crippen LogP contribution in [0, 0.1) is 10.8 Å². The Balaban J connectivity index is 2.04. The molecule has 2 aromatic carbocycles. The number of allylic oxidation sites excluding steroid dienone is 5. The van der Waals surface area contributed by atoms with Crippen LogP contribution in [0.3, 0.4) is 0 Å². The number of halogens is 2. The average molecular weight is 612 g/mol. The highest BCUT2D eigenvalue weighted by molar-refractivity contribution is 9.11. The van der Waals surface area contributed by atoms with Crippen molar-refractivity contribution in [3.63, 3.8) is 0 Å². The Labute approximate surface area is 228 Å². The fourth-order valence-electron chi connectivity index (χ4n) is 3.96. The van der Waals surface area contributed by atoms with Gasteiger partial charge in [-0.25, -0.2) is 0 Å². The van der Waals surface area contributed by atoms with E-state index in [2.05, 4.69) is 90.6 Å². The molecule has 0 aliphatic heterocycles.